The number of benzene rings is 3. The summed E-state index contributed by atoms with van der Waals surface area (Å²) in [6, 6.07) is 20.0. The average Bonchev–Trinajstić information content (AvgIpc) is 3.48. The highest BCUT2D eigenvalue weighted by Crippen LogP contribution is 2.38. The summed E-state index contributed by atoms with van der Waals surface area (Å²) < 4.78 is 38.5. The van der Waals surface area contributed by atoms with Crippen LogP contribution in [0.3, 0.4) is 0 Å². The van der Waals surface area contributed by atoms with E-state index in [4.69, 9.17) is 9.47 Å². The van der Waals surface area contributed by atoms with E-state index in [1.807, 2.05) is 42.5 Å². The maximum Gasteiger partial charge on any atom is 0.256 e. The SMILES string of the molecule is O=C1c2ccccc2C(Nc2ccc(S(=O)(=O)N3CCCCC3)cc2)N1Cc1ccc2c(c1)OCO2. The fourth-order valence-electron chi connectivity index (χ4n) is 5.06. The lowest BCUT2D eigenvalue weighted by atomic mass is 10.1. The monoisotopic (exact) mass is 505 g/mol. The zero-order chi connectivity index (χ0) is 24.7. The Morgan fingerprint density at radius 1 is 0.889 bits per heavy atom. The van der Waals surface area contributed by atoms with Gasteiger partial charge < -0.3 is 19.7 Å². The van der Waals surface area contributed by atoms with Gasteiger partial charge >= 0.3 is 0 Å². The second kappa shape index (κ2) is 9.15. The van der Waals surface area contributed by atoms with Gasteiger partial charge in [0.05, 0.1) is 4.90 Å². The van der Waals surface area contributed by atoms with E-state index in [0.717, 1.165) is 36.1 Å². The standard InChI is InChI=1S/C27H27N3O5S/c31-27-23-7-3-2-6-22(23)26(30(27)17-19-8-13-24-25(16-19)35-18-34-24)28-20-9-11-21(12-10-20)36(32,33)29-14-4-1-5-15-29/h2-3,6-13,16,26,28H,1,4-5,14-15,17-18H2. The minimum Gasteiger partial charge on any atom is -0.454 e. The molecule has 36 heavy (non-hydrogen) atoms. The molecule has 6 rings (SSSR count). The van der Waals surface area contributed by atoms with Gasteiger partial charge in [0.25, 0.3) is 5.91 Å². The fraction of sp³-hybridized carbons (Fsp3) is 0.296. The van der Waals surface area contributed by atoms with E-state index < -0.39 is 16.2 Å². The van der Waals surface area contributed by atoms with Gasteiger partial charge in [-0.15, -0.1) is 0 Å². The van der Waals surface area contributed by atoms with Crippen molar-refractivity contribution in [3.8, 4) is 11.5 Å². The second-order valence-electron chi connectivity index (χ2n) is 9.24. The van der Waals surface area contributed by atoms with Crippen LogP contribution >= 0.6 is 0 Å². The number of hydrogen-bond donors (Lipinski definition) is 1. The zero-order valence-corrected chi connectivity index (χ0v) is 20.5. The lowest BCUT2D eigenvalue weighted by Crippen LogP contribution is -2.35. The summed E-state index contributed by atoms with van der Waals surface area (Å²) in [5.41, 5.74) is 3.20. The van der Waals surface area contributed by atoms with E-state index in [-0.39, 0.29) is 17.6 Å². The van der Waals surface area contributed by atoms with Crippen molar-refractivity contribution >= 4 is 21.6 Å². The first-order valence-electron chi connectivity index (χ1n) is 12.2. The van der Waals surface area contributed by atoms with Gasteiger partial charge in [-0.25, -0.2) is 8.42 Å². The average molecular weight is 506 g/mol. The van der Waals surface area contributed by atoms with Crippen LogP contribution in [0, 0.1) is 0 Å². The number of ether oxygens (including phenoxy) is 2. The van der Waals surface area contributed by atoms with Gasteiger partial charge in [0.15, 0.2) is 11.5 Å². The molecule has 1 atom stereocenters. The van der Waals surface area contributed by atoms with E-state index in [2.05, 4.69) is 5.32 Å². The third-order valence-electron chi connectivity index (χ3n) is 6.96. The smallest absolute Gasteiger partial charge is 0.256 e. The molecule has 1 unspecified atom stereocenters. The molecule has 3 aromatic carbocycles. The van der Waals surface area contributed by atoms with Crippen molar-refractivity contribution in [3.63, 3.8) is 0 Å². The number of fused-ring (bicyclic) bond motifs is 2. The molecular weight excluding hydrogens is 478 g/mol. The number of piperidine rings is 1. The van der Waals surface area contributed by atoms with Crippen molar-refractivity contribution in [2.24, 2.45) is 0 Å². The molecule has 1 saturated heterocycles. The number of carbonyl (C=O) groups is 1. The van der Waals surface area contributed by atoms with Crippen LogP contribution in [0.25, 0.3) is 0 Å². The van der Waals surface area contributed by atoms with Crippen LogP contribution in [-0.4, -0.2) is 43.4 Å². The number of amides is 1. The van der Waals surface area contributed by atoms with Gasteiger partial charge in [-0.2, -0.15) is 4.31 Å². The Labute approximate surface area is 210 Å². The summed E-state index contributed by atoms with van der Waals surface area (Å²) in [5, 5.41) is 3.45. The van der Waals surface area contributed by atoms with E-state index in [0.29, 0.717) is 36.7 Å². The molecule has 3 aliphatic heterocycles. The Kier molecular flexibility index (Phi) is 5.81. The zero-order valence-electron chi connectivity index (χ0n) is 19.7. The van der Waals surface area contributed by atoms with Gasteiger partial charge in [-0.05, 0) is 60.9 Å². The van der Waals surface area contributed by atoms with Crippen LogP contribution in [0.2, 0.25) is 0 Å². The second-order valence-corrected chi connectivity index (χ2v) is 11.2. The van der Waals surface area contributed by atoms with E-state index in [9.17, 15) is 13.2 Å². The number of nitrogens with zero attached hydrogens (tertiary/aromatic N) is 2. The summed E-state index contributed by atoms with van der Waals surface area (Å²) in [7, 11) is -3.50. The van der Waals surface area contributed by atoms with Crippen LogP contribution in [0.1, 0.15) is 46.9 Å². The van der Waals surface area contributed by atoms with Crippen LogP contribution in [0.15, 0.2) is 71.6 Å². The molecule has 0 bridgehead atoms. The van der Waals surface area contributed by atoms with Gasteiger partial charge in [-0.1, -0.05) is 30.7 Å². The predicted octanol–water partition coefficient (Wildman–Crippen LogP) is 4.36. The van der Waals surface area contributed by atoms with Crippen molar-refractivity contribution in [2.75, 3.05) is 25.2 Å². The number of rotatable bonds is 6. The highest BCUT2D eigenvalue weighted by Gasteiger charge is 2.37. The predicted molar refractivity (Wildman–Crippen MR) is 134 cm³/mol. The van der Waals surface area contributed by atoms with Crippen molar-refractivity contribution in [3.05, 3.63) is 83.4 Å². The molecule has 0 radical (unpaired) electrons. The molecule has 9 heteroatoms. The lowest BCUT2D eigenvalue weighted by Gasteiger charge is -2.28. The Morgan fingerprint density at radius 2 is 1.64 bits per heavy atom. The minimum absolute atomic E-state index is 0.0648. The maximum absolute atomic E-state index is 13.3. The Hall–Kier alpha value is -3.56. The molecular formula is C27H27N3O5S. The first-order chi connectivity index (χ1) is 17.5. The van der Waals surface area contributed by atoms with E-state index >= 15 is 0 Å². The first kappa shape index (κ1) is 22.9. The summed E-state index contributed by atoms with van der Waals surface area (Å²) in [5.74, 6) is 1.31. The van der Waals surface area contributed by atoms with Gasteiger partial charge in [0, 0.05) is 36.4 Å². The Bertz CT molecular complexity index is 1400. The normalized spacial score (nSPS) is 19.4. The largest absolute Gasteiger partial charge is 0.454 e. The highest BCUT2D eigenvalue weighted by molar-refractivity contribution is 7.89. The number of anilines is 1. The molecule has 0 aliphatic carbocycles. The molecule has 1 N–H and O–H groups in total. The Morgan fingerprint density at radius 3 is 2.44 bits per heavy atom. The van der Waals surface area contributed by atoms with E-state index in [1.54, 1.807) is 33.5 Å². The van der Waals surface area contributed by atoms with Crippen molar-refractivity contribution in [1.82, 2.24) is 9.21 Å². The molecule has 1 amide bonds. The summed E-state index contributed by atoms with van der Waals surface area (Å²) >= 11 is 0. The molecule has 1 fully saturated rings. The third kappa shape index (κ3) is 4.08. The lowest BCUT2D eigenvalue weighted by molar-refractivity contribution is 0.0728. The van der Waals surface area contributed by atoms with Crippen LogP contribution in [0.4, 0.5) is 5.69 Å². The molecule has 3 heterocycles. The van der Waals surface area contributed by atoms with Crippen molar-refractivity contribution < 1.29 is 22.7 Å². The van der Waals surface area contributed by atoms with Crippen LogP contribution in [0.5, 0.6) is 11.5 Å². The van der Waals surface area contributed by atoms with Crippen molar-refractivity contribution in [2.45, 2.75) is 36.9 Å². The number of hydrogen-bond acceptors (Lipinski definition) is 6. The quantitative estimate of drug-likeness (QED) is 0.536. The number of nitrogens with one attached hydrogen (secondary N) is 1. The van der Waals surface area contributed by atoms with E-state index in [1.165, 1.54) is 0 Å². The highest BCUT2D eigenvalue weighted by atomic mass is 32.2. The minimum atomic E-state index is -3.50. The third-order valence-corrected chi connectivity index (χ3v) is 8.87. The molecule has 8 nitrogen and oxygen atoms in total. The molecule has 0 spiro atoms. The molecule has 3 aliphatic rings. The molecule has 0 saturated carbocycles. The number of carbonyl (C=O) groups excluding carboxylic acids is 1. The summed E-state index contributed by atoms with van der Waals surface area (Å²) in [4.78, 5) is 15.4. The number of sulfonamides is 1. The molecule has 3 aromatic rings. The van der Waals surface area contributed by atoms with Gasteiger partial charge in [0.2, 0.25) is 16.8 Å². The molecule has 186 valence electrons. The summed E-state index contributed by atoms with van der Waals surface area (Å²) in [6.45, 7) is 1.71. The topological polar surface area (TPSA) is 88.2 Å². The van der Waals surface area contributed by atoms with Gasteiger partial charge in [-0.3, -0.25) is 4.79 Å². The first-order valence-corrected chi connectivity index (χ1v) is 13.6. The maximum atomic E-state index is 13.3. The van der Waals surface area contributed by atoms with Crippen LogP contribution < -0.4 is 14.8 Å². The van der Waals surface area contributed by atoms with Gasteiger partial charge in [0.1, 0.15) is 6.17 Å². The summed E-state index contributed by atoms with van der Waals surface area (Å²) in [6.07, 6.45) is 2.46. The van der Waals surface area contributed by atoms with Crippen LogP contribution in [-0.2, 0) is 16.6 Å². The fourth-order valence-corrected chi connectivity index (χ4v) is 6.58. The molecule has 0 aromatic heterocycles. The Balaban J connectivity index is 1.26. The van der Waals surface area contributed by atoms with Crippen molar-refractivity contribution in [1.29, 1.82) is 0 Å².